The lowest BCUT2D eigenvalue weighted by atomic mass is 9.71. The molecule has 1 heteroatoms. The third kappa shape index (κ3) is 4.84. The van der Waals surface area contributed by atoms with Crippen LogP contribution in [0.3, 0.4) is 0 Å². The molecule has 0 saturated heterocycles. The molecule has 0 aliphatic heterocycles. The molecule has 0 N–H and O–H groups in total. The highest BCUT2D eigenvalue weighted by Gasteiger charge is 2.27. The summed E-state index contributed by atoms with van der Waals surface area (Å²) in [5, 5.41) is 0. The van der Waals surface area contributed by atoms with E-state index in [0.717, 1.165) is 17.8 Å². The lowest BCUT2D eigenvalue weighted by Crippen LogP contribution is -2.24. The van der Waals surface area contributed by atoms with Gasteiger partial charge in [0.25, 0.3) is 0 Å². The number of alkyl halides is 1. The first-order valence-electron chi connectivity index (χ1n) is 8.94. The fourth-order valence-electron chi connectivity index (χ4n) is 3.52. The lowest BCUT2D eigenvalue weighted by Gasteiger charge is -2.34. The van der Waals surface area contributed by atoms with E-state index in [4.69, 9.17) is 0 Å². The molecule has 0 spiro atoms. The van der Waals surface area contributed by atoms with Gasteiger partial charge in [-0.05, 0) is 66.3 Å². The van der Waals surface area contributed by atoms with E-state index in [-0.39, 0.29) is 0 Å². The maximum atomic E-state index is 2.53. The highest BCUT2D eigenvalue weighted by atomic mass is 127. The minimum atomic E-state index is 0.737. The predicted molar refractivity (Wildman–Crippen MR) is 107 cm³/mol. The summed E-state index contributed by atoms with van der Waals surface area (Å²) in [5.41, 5.74) is 5.14. The van der Waals surface area contributed by atoms with Crippen molar-refractivity contribution in [3.8, 4) is 0 Å². The summed E-state index contributed by atoms with van der Waals surface area (Å²) in [7, 11) is 0. The predicted octanol–water partition coefficient (Wildman–Crippen LogP) is 6.83. The quantitative estimate of drug-likeness (QED) is 0.250. The van der Waals surface area contributed by atoms with Crippen molar-refractivity contribution in [3.05, 3.63) is 47.0 Å². The molecule has 1 aromatic carbocycles. The molecule has 1 unspecified atom stereocenters. The fraction of sp³-hybridized carbons (Fsp3) is 0.619. The summed E-state index contributed by atoms with van der Waals surface area (Å²) in [4.78, 5) is 0. The Hall–Kier alpha value is -0.310. The van der Waals surface area contributed by atoms with Gasteiger partial charge in [0.2, 0.25) is 0 Å². The van der Waals surface area contributed by atoms with Crippen LogP contribution in [0.5, 0.6) is 0 Å². The number of hydrogen-bond acceptors (Lipinski definition) is 0. The lowest BCUT2D eigenvalue weighted by molar-refractivity contribution is 0.299. The van der Waals surface area contributed by atoms with Crippen molar-refractivity contribution in [1.82, 2.24) is 0 Å². The van der Waals surface area contributed by atoms with Crippen LogP contribution in [0, 0.1) is 17.8 Å². The van der Waals surface area contributed by atoms with Crippen molar-refractivity contribution in [2.45, 2.75) is 59.3 Å². The highest BCUT2D eigenvalue weighted by molar-refractivity contribution is 14.1. The Labute approximate surface area is 150 Å². The maximum absolute atomic E-state index is 2.53. The summed E-state index contributed by atoms with van der Waals surface area (Å²) in [6.45, 7) is 7.26. The van der Waals surface area contributed by atoms with Crippen molar-refractivity contribution in [1.29, 1.82) is 0 Å². The number of allylic oxidation sites excluding steroid dienone is 2. The van der Waals surface area contributed by atoms with E-state index in [0.29, 0.717) is 0 Å². The van der Waals surface area contributed by atoms with Gasteiger partial charge >= 0.3 is 0 Å². The minimum absolute atomic E-state index is 0.737. The second-order valence-electron chi connectivity index (χ2n) is 7.17. The number of hydrogen-bond donors (Lipinski definition) is 0. The topological polar surface area (TPSA) is 0 Å². The van der Waals surface area contributed by atoms with Gasteiger partial charge in [0.15, 0.2) is 0 Å². The first-order valence-corrected chi connectivity index (χ1v) is 10.5. The Balaban J connectivity index is 2.25. The van der Waals surface area contributed by atoms with E-state index in [1.54, 1.807) is 5.57 Å². The highest BCUT2D eigenvalue weighted by Crippen LogP contribution is 2.40. The van der Waals surface area contributed by atoms with Crippen LogP contribution in [0.15, 0.2) is 41.5 Å². The molecule has 1 aromatic rings. The molecule has 0 nitrogen and oxygen atoms in total. The second kappa shape index (κ2) is 9.10. The third-order valence-corrected chi connectivity index (χ3v) is 6.19. The van der Waals surface area contributed by atoms with Crippen LogP contribution in [0.1, 0.15) is 58.4 Å². The smallest absolute Gasteiger partial charge is 0.000168 e. The first-order chi connectivity index (χ1) is 10.6. The van der Waals surface area contributed by atoms with Gasteiger partial charge in [-0.15, -0.1) is 0 Å². The summed E-state index contributed by atoms with van der Waals surface area (Å²) in [6, 6.07) is 11.1. The average molecular weight is 410 g/mol. The molecule has 22 heavy (non-hydrogen) atoms. The molecule has 0 heterocycles. The van der Waals surface area contributed by atoms with Gasteiger partial charge < -0.3 is 0 Å². The molecule has 1 aliphatic rings. The zero-order valence-corrected chi connectivity index (χ0v) is 16.6. The number of benzene rings is 1. The first kappa shape index (κ1) is 18.0. The molecule has 1 aliphatic carbocycles. The van der Waals surface area contributed by atoms with E-state index in [9.17, 15) is 0 Å². The van der Waals surface area contributed by atoms with E-state index >= 15 is 0 Å². The standard InChI is InChI=1S/C21H31I/c1-16(2)17(3)21(15-18-9-5-4-6-10-18)20(13-8-14-22)19-11-7-12-19/h4-6,9-10,16-17,21H,7-8,11-15H2,1-3H3/t17?,21-/m1/s1. The van der Waals surface area contributed by atoms with Gasteiger partial charge in [-0.3, -0.25) is 0 Å². The molecule has 2 atom stereocenters. The minimum Gasteiger partial charge on any atom is -0.0864 e. The summed E-state index contributed by atoms with van der Waals surface area (Å²) >= 11 is 2.53. The third-order valence-electron chi connectivity index (χ3n) is 5.42. The SMILES string of the molecule is CC(C)C(C)[C@@H](Cc1ccccc1)C(CCCI)=C1CCC1. The molecule has 0 radical (unpaired) electrons. The van der Waals surface area contributed by atoms with Gasteiger partial charge in [-0.25, -0.2) is 0 Å². The Morgan fingerprint density at radius 1 is 1.09 bits per heavy atom. The van der Waals surface area contributed by atoms with E-state index in [1.165, 1.54) is 48.5 Å². The van der Waals surface area contributed by atoms with Gasteiger partial charge in [-0.2, -0.15) is 0 Å². The van der Waals surface area contributed by atoms with Gasteiger partial charge in [0.05, 0.1) is 0 Å². The number of halogens is 1. The average Bonchev–Trinajstić information content (AvgIpc) is 2.47. The Morgan fingerprint density at radius 2 is 1.77 bits per heavy atom. The maximum Gasteiger partial charge on any atom is -0.000168 e. The van der Waals surface area contributed by atoms with E-state index in [2.05, 4.69) is 73.7 Å². The van der Waals surface area contributed by atoms with Gasteiger partial charge in [0.1, 0.15) is 0 Å². The zero-order valence-electron chi connectivity index (χ0n) is 14.4. The van der Waals surface area contributed by atoms with Crippen molar-refractivity contribution < 1.29 is 0 Å². The van der Waals surface area contributed by atoms with E-state index < -0.39 is 0 Å². The molecule has 2 rings (SSSR count). The molecule has 1 saturated carbocycles. The molecule has 122 valence electrons. The Morgan fingerprint density at radius 3 is 2.27 bits per heavy atom. The van der Waals surface area contributed by atoms with Gasteiger partial charge in [-0.1, -0.05) is 84.8 Å². The number of rotatable bonds is 8. The van der Waals surface area contributed by atoms with Crippen molar-refractivity contribution in [3.63, 3.8) is 0 Å². The zero-order chi connectivity index (χ0) is 15.9. The van der Waals surface area contributed by atoms with Crippen LogP contribution in [0.2, 0.25) is 0 Å². The Bertz CT molecular complexity index is 466. The van der Waals surface area contributed by atoms with Crippen LogP contribution < -0.4 is 0 Å². The monoisotopic (exact) mass is 410 g/mol. The Kier molecular flexibility index (Phi) is 7.46. The van der Waals surface area contributed by atoms with E-state index in [1.807, 2.05) is 5.57 Å². The van der Waals surface area contributed by atoms with Crippen molar-refractivity contribution in [2.24, 2.45) is 17.8 Å². The summed E-state index contributed by atoms with van der Waals surface area (Å²) in [5.74, 6) is 2.25. The van der Waals surface area contributed by atoms with Crippen LogP contribution >= 0.6 is 22.6 Å². The second-order valence-corrected chi connectivity index (χ2v) is 8.25. The van der Waals surface area contributed by atoms with Gasteiger partial charge in [0, 0.05) is 0 Å². The summed E-state index contributed by atoms with van der Waals surface area (Å²) < 4.78 is 1.28. The molecular weight excluding hydrogens is 379 g/mol. The largest absolute Gasteiger partial charge is 0.0864 e. The normalized spacial score (nSPS) is 17.2. The molecular formula is C21H31I. The van der Waals surface area contributed by atoms with Crippen LogP contribution in [-0.2, 0) is 6.42 Å². The van der Waals surface area contributed by atoms with Crippen LogP contribution in [0.4, 0.5) is 0 Å². The molecule has 0 aromatic heterocycles. The van der Waals surface area contributed by atoms with Crippen LogP contribution in [0.25, 0.3) is 0 Å². The molecule has 1 fully saturated rings. The molecule has 0 amide bonds. The molecule has 0 bridgehead atoms. The van der Waals surface area contributed by atoms with Crippen molar-refractivity contribution >= 4 is 22.6 Å². The fourth-order valence-corrected chi connectivity index (χ4v) is 3.90. The van der Waals surface area contributed by atoms with Crippen molar-refractivity contribution in [2.75, 3.05) is 4.43 Å². The van der Waals surface area contributed by atoms with Crippen LogP contribution in [-0.4, -0.2) is 4.43 Å². The summed E-state index contributed by atoms with van der Waals surface area (Å²) in [6.07, 6.45) is 8.04.